The van der Waals surface area contributed by atoms with Crippen LogP contribution in [-0.2, 0) is 4.74 Å². The van der Waals surface area contributed by atoms with Gasteiger partial charge in [0.1, 0.15) is 0 Å². The Kier molecular flexibility index (Phi) is 3.92. The molecule has 0 bridgehead atoms. The van der Waals surface area contributed by atoms with Crippen LogP contribution >= 0.6 is 0 Å². The van der Waals surface area contributed by atoms with Crippen molar-refractivity contribution in [3.8, 4) is 0 Å². The van der Waals surface area contributed by atoms with E-state index in [9.17, 15) is 9.90 Å². The van der Waals surface area contributed by atoms with Crippen molar-refractivity contribution in [1.29, 1.82) is 0 Å². The number of rotatable bonds is 3. The predicted molar refractivity (Wildman–Crippen MR) is 71.4 cm³/mol. The van der Waals surface area contributed by atoms with Crippen molar-refractivity contribution in [2.45, 2.75) is 19.1 Å². The second-order valence-corrected chi connectivity index (χ2v) is 4.73. The fourth-order valence-electron chi connectivity index (χ4n) is 2.30. The summed E-state index contributed by atoms with van der Waals surface area (Å²) in [6, 6.07) is 4.88. The number of benzene rings is 1. The molecule has 2 atom stereocenters. The summed E-state index contributed by atoms with van der Waals surface area (Å²) in [5.41, 5.74) is 6.93. The molecule has 0 saturated carbocycles. The van der Waals surface area contributed by atoms with Gasteiger partial charge in [0.25, 0.3) is 0 Å². The highest BCUT2D eigenvalue weighted by atomic mass is 16.5. The molecule has 4 N–H and O–H groups in total. The highest BCUT2D eigenvalue weighted by Gasteiger charge is 2.25. The van der Waals surface area contributed by atoms with E-state index in [4.69, 9.17) is 15.6 Å². The average Bonchev–Trinajstić information content (AvgIpc) is 2.37. The largest absolute Gasteiger partial charge is 0.478 e. The molecule has 104 valence electrons. The number of aromatic carboxylic acids is 1. The smallest absolute Gasteiger partial charge is 0.337 e. The number of carbonyl (C=O) groups is 1. The number of nitrogens with two attached hydrogens (primary N) is 1. The number of hydrogen-bond acceptors (Lipinski definition) is 5. The maximum atomic E-state index is 10.9. The van der Waals surface area contributed by atoms with Crippen molar-refractivity contribution in [3.05, 3.63) is 23.8 Å². The summed E-state index contributed by atoms with van der Waals surface area (Å²) >= 11 is 0. The first-order valence-electron chi connectivity index (χ1n) is 6.15. The minimum atomic E-state index is -1.03. The van der Waals surface area contributed by atoms with Crippen LogP contribution in [-0.4, -0.2) is 48.1 Å². The number of carboxylic acids is 1. The van der Waals surface area contributed by atoms with Crippen LogP contribution < -0.4 is 10.6 Å². The molecule has 6 nitrogen and oxygen atoms in total. The SMILES string of the molecule is CC1CN(c2ccc(C(=O)O)c(N)c2)CC(CO)O1. The summed E-state index contributed by atoms with van der Waals surface area (Å²) in [5.74, 6) is -1.03. The van der Waals surface area contributed by atoms with Gasteiger partial charge in [-0.1, -0.05) is 0 Å². The van der Waals surface area contributed by atoms with Gasteiger partial charge in [-0.05, 0) is 25.1 Å². The first-order chi connectivity index (χ1) is 9.01. The summed E-state index contributed by atoms with van der Waals surface area (Å²) in [6.45, 7) is 3.14. The maximum Gasteiger partial charge on any atom is 0.337 e. The number of carboxylic acid groups (broad SMARTS) is 1. The van der Waals surface area contributed by atoms with Gasteiger partial charge in [-0.3, -0.25) is 0 Å². The summed E-state index contributed by atoms with van der Waals surface area (Å²) in [4.78, 5) is 13.0. The fraction of sp³-hybridized carbons (Fsp3) is 0.462. The third-order valence-corrected chi connectivity index (χ3v) is 3.16. The molecule has 0 amide bonds. The number of anilines is 2. The zero-order valence-corrected chi connectivity index (χ0v) is 10.7. The summed E-state index contributed by atoms with van der Waals surface area (Å²) in [5, 5.41) is 18.1. The van der Waals surface area contributed by atoms with Gasteiger partial charge >= 0.3 is 5.97 Å². The Labute approximate surface area is 111 Å². The highest BCUT2D eigenvalue weighted by Crippen LogP contribution is 2.24. The van der Waals surface area contributed by atoms with Gasteiger partial charge < -0.3 is 25.6 Å². The monoisotopic (exact) mass is 266 g/mol. The Hall–Kier alpha value is -1.79. The van der Waals surface area contributed by atoms with Crippen molar-refractivity contribution in [2.75, 3.05) is 30.3 Å². The van der Waals surface area contributed by atoms with E-state index in [1.807, 2.05) is 11.8 Å². The number of nitrogens with zero attached hydrogens (tertiary/aromatic N) is 1. The molecule has 0 spiro atoms. The molecule has 1 heterocycles. The molecule has 6 heteroatoms. The summed E-state index contributed by atoms with van der Waals surface area (Å²) < 4.78 is 5.56. The molecule has 1 aliphatic heterocycles. The van der Waals surface area contributed by atoms with Gasteiger partial charge in [-0.25, -0.2) is 4.79 Å². The van der Waals surface area contributed by atoms with Crippen molar-refractivity contribution in [1.82, 2.24) is 0 Å². The van der Waals surface area contributed by atoms with E-state index in [-0.39, 0.29) is 30.1 Å². The molecule has 19 heavy (non-hydrogen) atoms. The predicted octanol–water partition coefficient (Wildman–Crippen LogP) is 0.553. The van der Waals surface area contributed by atoms with Crippen molar-refractivity contribution in [2.24, 2.45) is 0 Å². The van der Waals surface area contributed by atoms with Crippen LogP contribution in [0.4, 0.5) is 11.4 Å². The standard InChI is InChI=1S/C13H18N2O4/c1-8-5-15(6-10(7-16)19-8)9-2-3-11(13(17)18)12(14)4-9/h2-4,8,10,16H,5-7,14H2,1H3,(H,17,18). The molecular weight excluding hydrogens is 248 g/mol. The number of aliphatic hydroxyl groups is 1. The van der Waals surface area contributed by atoms with E-state index in [2.05, 4.69) is 0 Å². The fourth-order valence-corrected chi connectivity index (χ4v) is 2.30. The van der Waals surface area contributed by atoms with Gasteiger partial charge in [0.2, 0.25) is 0 Å². The zero-order chi connectivity index (χ0) is 14.0. The minimum absolute atomic E-state index is 0.00581. The minimum Gasteiger partial charge on any atom is -0.478 e. The number of morpholine rings is 1. The van der Waals surface area contributed by atoms with Crippen molar-refractivity contribution in [3.63, 3.8) is 0 Å². The second kappa shape index (κ2) is 5.46. The van der Waals surface area contributed by atoms with Crippen LogP contribution in [0.25, 0.3) is 0 Å². The lowest BCUT2D eigenvalue weighted by Gasteiger charge is -2.37. The Morgan fingerprint density at radius 3 is 2.84 bits per heavy atom. The number of nitrogen functional groups attached to an aromatic ring is 1. The topological polar surface area (TPSA) is 96.0 Å². The van der Waals surface area contributed by atoms with Gasteiger partial charge in [-0.15, -0.1) is 0 Å². The van der Waals surface area contributed by atoms with Gasteiger partial charge in [0, 0.05) is 24.5 Å². The molecule has 1 fully saturated rings. The first kappa shape index (κ1) is 13.6. The molecule has 1 saturated heterocycles. The second-order valence-electron chi connectivity index (χ2n) is 4.73. The molecule has 1 aromatic rings. The van der Waals surface area contributed by atoms with Crippen molar-refractivity contribution >= 4 is 17.3 Å². The first-order valence-corrected chi connectivity index (χ1v) is 6.15. The molecule has 0 aromatic heterocycles. The Morgan fingerprint density at radius 1 is 1.53 bits per heavy atom. The zero-order valence-electron chi connectivity index (χ0n) is 10.7. The van der Waals surface area contributed by atoms with Crippen LogP contribution in [0.15, 0.2) is 18.2 Å². The maximum absolute atomic E-state index is 10.9. The van der Waals surface area contributed by atoms with Crippen LogP contribution in [0.1, 0.15) is 17.3 Å². The molecule has 0 aliphatic carbocycles. The van der Waals surface area contributed by atoms with Crippen LogP contribution in [0.5, 0.6) is 0 Å². The van der Waals surface area contributed by atoms with Crippen LogP contribution in [0.3, 0.4) is 0 Å². The lowest BCUT2D eigenvalue weighted by Crippen LogP contribution is -2.48. The summed E-state index contributed by atoms with van der Waals surface area (Å²) in [7, 11) is 0. The third kappa shape index (κ3) is 2.97. The van der Waals surface area contributed by atoms with Gasteiger partial charge in [0.15, 0.2) is 0 Å². The third-order valence-electron chi connectivity index (χ3n) is 3.16. The van der Waals surface area contributed by atoms with E-state index >= 15 is 0 Å². The molecule has 2 rings (SSSR count). The van der Waals surface area contributed by atoms with E-state index in [0.29, 0.717) is 13.1 Å². The number of hydrogen-bond donors (Lipinski definition) is 3. The van der Waals surface area contributed by atoms with Gasteiger partial charge in [-0.2, -0.15) is 0 Å². The molecule has 2 unspecified atom stereocenters. The quantitative estimate of drug-likeness (QED) is 0.692. The van der Waals surface area contributed by atoms with E-state index in [0.717, 1.165) is 5.69 Å². The number of aliphatic hydroxyl groups excluding tert-OH is 1. The Morgan fingerprint density at radius 2 is 2.26 bits per heavy atom. The summed E-state index contributed by atoms with van der Waals surface area (Å²) in [6.07, 6.45) is -0.226. The number of ether oxygens (including phenoxy) is 1. The van der Waals surface area contributed by atoms with Gasteiger partial charge in [0.05, 0.1) is 24.4 Å². The average molecular weight is 266 g/mol. The normalized spacial score (nSPS) is 23.4. The van der Waals surface area contributed by atoms with E-state index in [1.54, 1.807) is 12.1 Å². The molecule has 0 radical (unpaired) electrons. The molecule has 1 aliphatic rings. The van der Waals surface area contributed by atoms with Crippen LogP contribution in [0.2, 0.25) is 0 Å². The lowest BCUT2D eigenvalue weighted by molar-refractivity contribution is -0.0421. The highest BCUT2D eigenvalue weighted by molar-refractivity contribution is 5.94. The Balaban J connectivity index is 2.21. The van der Waals surface area contributed by atoms with Crippen LogP contribution in [0, 0.1) is 0 Å². The lowest BCUT2D eigenvalue weighted by atomic mass is 10.1. The van der Waals surface area contributed by atoms with E-state index < -0.39 is 5.97 Å². The van der Waals surface area contributed by atoms with E-state index in [1.165, 1.54) is 6.07 Å². The molecule has 1 aromatic carbocycles. The molecular formula is C13H18N2O4. The Bertz CT molecular complexity index is 478. The van der Waals surface area contributed by atoms with Crippen molar-refractivity contribution < 1.29 is 19.7 Å².